The summed E-state index contributed by atoms with van der Waals surface area (Å²) in [5.41, 5.74) is 0.00380. The molecule has 2 aliphatic heterocycles. The second-order valence-electron chi connectivity index (χ2n) is 3.56. The molecular weight excluding hydrogens is 346 g/mol. The largest absolute Gasteiger partial charge is 0.287 e. The number of aromatic nitrogens is 2. The molecule has 0 N–H and O–H groups in total. The van der Waals surface area contributed by atoms with E-state index in [2.05, 4.69) is 15.0 Å². The van der Waals surface area contributed by atoms with Crippen molar-refractivity contribution in [1.82, 2.24) is 9.97 Å². The summed E-state index contributed by atoms with van der Waals surface area (Å²) >= 11 is 5.30. The van der Waals surface area contributed by atoms with Crippen LogP contribution in [0.1, 0.15) is 11.4 Å². The topological polar surface area (TPSA) is 103 Å². The Morgan fingerprint density at radius 3 is 2.05 bits per heavy atom. The first-order valence-electron chi connectivity index (χ1n) is 5.33. The lowest BCUT2D eigenvalue weighted by Crippen LogP contribution is -1.96. The average molecular weight is 349 g/mol. The van der Waals surface area contributed by atoms with E-state index in [-0.39, 0.29) is 17.3 Å². The minimum absolute atomic E-state index is 0.00190. The first-order chi connectivity index (χ1) is 10.2. The zero-order chi connectivity index (χ0) is 15.0. The monoisotopic (exact) mass is 349 g/mol. The minimum Gasteiger partial charge on any atom is -0.266 e. The maximum absolute atomic E-state index is 11.9. The van der Waals surface area contributed by atoms with Crippen LogP contribution in [0.25, 0.3) is 0 Å². The molecule has 0 fully saturated rings. The van der Waals surface area contributed by atoms with Gasteiger partial charge in [0.25, 0.3) is 5.91 Å². The number of thioether (sulfide) groups is 4. The molecule has 0 saturated heterocycles. The van der Waals surface area contributed by atoms with Gasteiger partial charge in [0.2, 0.25) is 0 Å². The second-order valence-corrected chi connectivity index (χ2v) is 7.87. The normalized spacial score (nSPS) is 16.5. The number of rotatable bonds is 0. The van der Waals surface area contributed by atoms with E-state index >= 15 is 0 Å². The molecule has 2 aliphatic rings. The molecule has 102 valence electrons. The van der Waals surface area contributed by atoms with Gasteiger partial charge in [-0.2, -0.15) is 15.5 Å². The predicted octanol–water partition coefficient (Wildman–Crippen LogP) is 2.58. The highest BCUT2D eigenvalue weighted by Gasteiger charge is 2.32. The van der Waals surface area contributed by atoms with Crippen molar-refractivity contribution < 1.29 is 4.79 Å². The van der Waals surface area contributed by atoms with Gasteiger partial charge in [-0.05, 0) is 6.26 Å². The van der Waals surface area contributed by atoms with Gasteiger partial charge in [-0.25, -0.2) is 9.97 Å². The summed E-state index contributed by atoms with van der Waals surface area (Å²) in [6.45, 7) is 0. The third-order valence-corrected chi connectivity index (χ3v) is 7.02. The molecule has 0 spiro atoms. The van der Waals surface area contributed by atoms with Gasteiger partial charge in [0, 0.05) is 0 Å². The summed E-state index contributed by atoms with van der Waals surface area (Å²) in [5, 5.41) is 19.0. The standard InChI is InChI=1S/C11H3N5OS4/c1-18-11-16-7(17)6(19-11)10-20-8-9(21-10)15-5(3-13)4(2-12)14-8/h1H3. The molecule has 21 heavy (non-hydrogen) atoms. The van der Waals surface area contributed by atoms with Gasteiger partial charge >= 0.3 is 0 Å². The highest BCUT2D eigenvalue weighted by molar-refractivity contribution is 8.41. The van der Waals surface area contributed by atoms with Crippen LogP contribution in [0.2, 0.25) is 0 Å². The van der Waals surface area contributed by atoms with Gasteiger partial charge < -0.3 is 0 Å². The van der Waals surface area contributed by atoms with Crippen LogP contribution < -0.4 is 0 Å². The zero-order valence-corrected chi connectivity index (χ0v) is 13.5. The van der Waals surface area contributed by atoms with Gasteiger partial charge in [0.05, 0.1) is 4.24 Å². The Labute approximate surface area is 136 Å². The number of nitrogens with zero attached hydrogens (tertiary/aromatic N) is 5. The second kappa shape index (κ2) is 5.73. The highest BCUT2D eigenvalue weighted by atomic mass is 32.2. The van der Waals surface area contributed by atoms with Crippen molar-refractivity contribution in [3.8, 4) is 12.1 Å². The van der Waals surface area contributed by atoms with Crippen molar-refractivity contribution in [1.29, 1.82) is 10.5 Å². The van der Waals surface area contributed by atoms with Gasteiger partial charge in [-0.1, -0.05) is 35.3 Å². The summed E-state index contributed by atoms with van der Waals surface area (Å²) in [4.78, 5) is 24.6. The SMILES string of the molecule is CSC1=NC(=O)C(=C2Sc3nc(C#N)c(C#N)nc3S2)S1. The number of hydrogen-bond donors (Lipinski definition) is 0. The van der Waals surface area contributed by atoms with Crippen molar-refractivity contribution >= 4 is 57.3 Å². The Balaban J connectivity index is 1.98. The molecule has 10 heteroatoms. The lowest BCUT2D eigenvalue weighted by atomic mass is 10.3. The van der Waals surface area contributed by atoms with Crippen LogP contribution in [0.5, 0.6) is 0 Å². The summed E-state index contributed by atoms with van der Waals surface area (Å²) in [5.74, 6) is -0.270. The Morgan fingerprint density at radius 2 is 1.62 bits per heavy atom. The third kappa shape index (κ3) is 2.56. The van der Waals surface area contributed by atoms with E-state index in [1.807, 2.05) is 18.4 Å². The summed E-state index contributed by atoms with van der Waals surface area (Å²) < 4.78 is 1.45. The van der Waals surface area contributed by atoms with Gasteiger partial charge in [-0.15, -0.1) is 11.8 Å². The molecule has 3 rings (SSSR count). The van der Waals surface area contributed by atoms with E-state index in [1.54, 1.807) is 0 Å². The summed E-state index contributed by atoms with van der Waals surface area (Å²) in [6, 6.07) is 3.71. The van der Waals surface area contributed by atoms with Gasteiger partial charge in [0.1, 0.15) is 31.5 Å². The van der Waals surface area contributed by atoms with Crippen molar-refractivity contribution in [3.05, 3.63) is 20.5 Å². The number of fused-ring (bicyclic) bond motifs is 1. The van der Waals surface area contributed by atoms with E-state index in [0.29, 0.717) is 19.3 Å². The Hall–Kier alpha value is -1.46. The van der Waals surface area contributed by atoms with Crippen molar-refractivity contribution in [3.63, 3.8) is 0 Å². The number of carbonyl (C=O) groups is 1. The smallest absolute Gasteiger partial charge is 0.266 e. The molecule has 3 heterocycles. The molecule has 1 amide bonds. The fraction of sp³-hybridized carbons (Fsp3) is 0.0909. The first kappa shape index (κ1) is 14.5. The fourth-order valence-electron chi connectivity index (χ4n) is 1.49. The Kier molecular flexibility index (Phi) is 3.95. The van der Waals surface area contributed by atoms with Crippen LogP contribution in [-0.2, 0) is 4.79 Å². The fourth-order valence-corrected chi connectivity index (χ4v) is 5.40. The van der Waals surface area contributed by atoms with Crippen LogP contribution in [0.15, 0.2) is 24.2 Å². The molecular formula is C11H3N5OS4. The maximum Gasteiger partial charge on any atom is 0.287 e. The number of hydrogen-bond acceptors (Lipinski definition) is 9. The van der Waals surface area contributed by atoms with Crippen molar-refractivity contribution in [2.45, 2.75) is 10.1 Å². The van der Waals surface area contributed by atoms with Crippen LogP contribution in [-0.4, -0.2) is 26.5 Å². The zero-order valence-electron chi connectivity index (χ0n) is 10.3. The molecule has 0 radical (unpaired) electrons. The quantitative estimate of drug-likeness (QED) is 0.654. The van der Waals surface area contributed by atoms with Crippen LogP contribution in [0.4, 0.5) is 0 Å². The van der Waals surface area contributed by atoms with Gasteiger partial charge in [-0.3, -0.25) is 4.79 Å². The molecule has 0 unspecified atom stereocenters. The third-order valence-electron chi connectivity index (χ3n) is 2.36. The number of carbonyl (C=O) groups excluding carboxylic acids is 1. The first-order valence-corrected chi connectivity index (χ1v) is 9.00. The Bertz CT molecular complexity index is 772. The van der Waals surface area contributed by atoms with E-state index in [1.165, 1.54) is 47.0 Å². The lowest BCUT2D eigenvalue weighted by Gasteiger charge is -1.97. The molecule has 0 saturated carbocycles. The summed E-state index contributed by atoms with van der Waals surface area (Å²) in [7, 11) is 0. The molecule has 1 aromatic rings. The molecule has 1 aromatic heterocycles. The molecule has 0 atom stereocenters. The number of nitriles is 2. The molecule has 0 aliphatic carbocycles. The van der Waals surface area contributed by atoms with E-state index < -0.39 is 0 Å². The molecule has 6 nitrogen and oxygen atoms in total. The average Bonchev–Trinajstić information content (AvgIpc) is 3.07. The lowest BCUT2D eigenvalue weighted by molar-refractivity contribution is -0.113. The highest BCUT2D eigenvalue weighted by Crippen LogP contribution is 2.53. The molecule has 0 bridgehead atoms. The maximum atomic E-state index is 11.9. The predicted molar refractivity (Wildman–Crippen MR) is 83.7 cm³/mol. The van der Waals surface area contributed by atoms with E-state index in [4.69, 9.17) is 10.5 Å². The van der Waals surface area contributed by atoms with Crippen LogP contribution in [0, 0.1) is 22.7 Å². The summed E-state index contributed by atoms with van der Waals surface area (Å²) in [6.07, 6.45) is 1.86. The van der Waals surface area contributed by atoms with E-state index in [0.717, 1.165) is 4.24 Å². The number of aliphatic imine (C=N–C) groups is 1. The Morgan fingerprint density at radius 1 is 1.05 bits per heavy atom. The van der Waals surface area contributed by atoms with E-state index in [9.17, 15) is 4.79 Å². The van der Waals surface area contributed by atoms with Gasteiger partial charge in [0.15, 0.2) is 11.4 Å². The minimum atomic E-state index is -0.270. The van der Waals surface area contributed by atoms with Crippen LogP contribution in [0.3, 0.4) is 0 Å². The number of amides is 1. The van der Waals surface area contributed by atoms with Crippen molar-refractivity contribution in [2.24, 2.45) is 4.99 Å². The molecule has 0 aromatic carbocycles. The van der Waals surface area contributed by atoms with Crippen LogP contribution >= 0.6 is 47.0 Å². The van der Waals surface area contributed by atoms with Crippen molar-refractivity contribution in [2.75, 3.05) is 6.26 Å².